The maximum absolute atomic E-state index is 14.1. The van der Waals surface area contributed by atoms with Crippen molar-refractivity contribution in [1.82, 2.24) is 4.31 Å². The summed E-state index contributed by atoms with van der Waals surface area (Å²) in [4.78, 5) is 12.7. The smallest absolute Gasteiger partial charge is 0.258 e. The van der Waals surface area contributed by atoms with E-state index in [2.05, 4.69) is 10.6 Å². The van der Waals surface area contributed by atoms with Crippen molar-refractivity contribution < 1.29 is 31.5 Å². The zero-order chi connectivity index (χ0) is 23.4. The minimum atomic E-state index is -3.83. The van der Waals surface area contributed by atoms with Crippen LogP contribution in [0.4, 0.5) is 20.2 Å². The lowest BCUT2D eigenvalue weighted by Gasteiger charge is -2.26. The predicted octanol–water partition coefficient (Wildman–Crippen LogP) is 2.83. The highest BCUT2D eigenvalue weighted by molar-refractivity contribution is 7.89. The van der Waals surface area contributed by atoms with E-state index in [1.54, 1.807) is 6.07 Å². The maximum atomic E-state index is 14.1. The molecule has 1 unspecified atom stereocenters. The molecule has 8 nitrogen and oxygen atoms in total. The third kappa shape index (κ3) is 5.49. The third-order valence-electron chi connectivity index (χ3n) is 5.56. The van der Waals surface area contributed by atoms with Gasteiger partial charge in [0, 0.05) is 26.2 Å². The van der Waals surface area contributed by atoms with Crippen LogP contribution >= 0.6 is 0 Å². The summed E-state index contributed by atoms with van der Waals surface area (Å²) in [5.74, 6) is -2.55. The zero-order valence-electron chi connectivity index (χ0n) is 17.9. The molecule has 2 aliphatic heterocycles. The topological polar surface area (TPSA) is 97.0 Å². The molecule has 0 bridgehead atoms. The second kappa shape index (κ2) is 10.1. The van der Waals surface area contributed by atoms with Crippen LogP contribution in [-0.2, 0) is 19.5 Å². The van der Waals surface area contributed by atoms with Crippen LogP contribution in [0.1, 0.15) is 23.2 Å². The lowest BCUT2D eigenvalue weighted by atomic mass is 10.1. The van der Waals surface area contributed by atoms with Crippen molar-refractivity contribution in [3.63, 3.8) is 0 Å². The average Bonchev–Trinajstić information content (AvgIpc) is 3.34. The number of halogens is 2. The number of nitrogens with one attached hydrogen (secondary N) is 2. The van der Waals surface area contributed by atoms with Crippen molar-refractivity contribution >= 4 is 27.3 Å². The van der Waals surface area contributed by atoms with Crippen molar-refractivity contribution in [2.45, 2.75) is 23.8 Å². The van der Waals surface area contributed by atoms with Crippen molar-refractivity contribution in [2.75, 3.05) is 50.1 Å². The number of morpholine rings is 1. The molecular formula is C22H25F2N3O5S. The summed E-state index contributed by atoms with van der Waals surface area (Å²) >= 11 is 0. The number of carbonyl (C=O) groups is 1. The van der Waals surface area contributed by atoms with Crippen LogP contribution in [0.5, 0.6) is 0 Å². The molecule has 2 N–H and O–H groups in total. The number of hydrogen-bond donors (Lipinski definition) is 2. The number of amides is 1. The standard InChI is InChI=1S/C22H25F2N3O5S/c23-15-3-5-19(24)18(12-15)22(28)26-21-13-17(33(29,30)27-7-10-31-11-8-27)4-6-20(21)25-14-16-2-1-9-32-16/h3-6,12-13,16,25H,1-2,7-11,14H2,(H,26,28). The van der Waals surface area contributed by atoms with E-state index in [1.165, 1.54) is 16.4 Å². The molecule has 4 rings (SSSR count). The SMILES string of the molecule is O=C(Nc1cc(S(=O)(=O)N2CCOCC2)ccc1NCC1CCCO1)c1cc(F)ccc1F. The second-order valence-electron chi connectivity index (χ2n) is 7.82. The predicted molar refractivity (Wildman–Crippen MR) is 118 cm³/mol. The van der Waals surface area contributed by atoms with Gasteiger partial charge in [-0.2, -0.15) is 4.31 Å². The Morgan fingerprint density at radius 1 is 1.06 bits per heavy atom. The summed E-state index contributed by atoms with van der Waals surface area (Å²) in [6.45, 7) is 2.15. The molecule has 2 heterocycles. The number of carbonyl (C=O) groups excluding carboxylic acids is 1. The van der Waals surface area contributed by atoms with Crippen LogP contribution in [0.3, 0.4) is 0 Å². The fourth-order valence-electron chi connectivity index (χ4n) is 3.77. The van der Waals surface area contributed by atoms with Crippen LogP contribution in [-0.4, -0.2) is 64.2 Å². The first kappa shape index (κ1) is 23.6. The van der Waals surface area contributed by atoms with Crippen molar-refractivity contribution in [1.29, 1.82) is 0 Å². The van der Waals surface area contributed by atoms with Gasteiger partial charge < -0.3 is 20.1 Å². The number of hydrogen-bond acceptors (Lipinski definition) is 6. The molecule has 2 aromatic carbocycles. The number of ether oxygens (including phenoxy) is 2. The van der Waals surface area contributed by atoms with E-state index in [-0.39, 0.29) is 29.8 Å². The van der Waals surface area contributed by atoms with E-state index in [9.17, 15) is 22.0 Å². The highest BCUT2D eigenvalue weighted by atomic mass is 32.2. The summed E-state index contributed by atoms with van der Waals surface area (Å²) in [5, 5.41) is 5.69. The number of benzene rings is 2. The number of sulfonamides is 1. The lowest BCUT2D eigenvalue weighted by molar-refractivity contribution is 0.0730. The fraction of sp³-hybridized carbons (Fsp3) is 0.409. The van der Waals surface area contributed by atoms with E-state index < -0.39 is 33.1 Å². The Morgan fingerprint density at radius 3 is 2.58 bits per heavy atom. The molecule has 2 fully saturated rings. The van der Waals surface area contributed by atoms with E-state index in [0.717, 1.165) is 31.0 Å². The van der Waals surface area contributed by atoms with Crippen molar-refractivity contribution in [3.05, 3.63) is 53.6 Å². The lowest BCUT2D eigenvalue weighted by Crippen LogP contribution is -2.40. The molecule has 1 amide bonds. The van der Waals surface area contributed by atoms with Gasteiger partial charge >= 0.3 is 0 Å². The minimum Gasteiger partial charge on any atom is -0.381 e. The Morgan fingerprint density at radius 2 is 1.85 bits per heavy atom. The summed E-state index contributed by atoms with van der Waals surface area (Å²) in [5.41, 5.74) is 0.0918. The molecule has 0 saturated carbocycles. The van der Waals surface area contributed by atoms with E-state index in [0.29, 0.717) is 32.1 Å². The highest BCUT2D eigenvalue weighted by Crippen LogP contribution is 2.29. The van der Waals surface area contributed by atoms with Crippen LogP contribution in [0.2, 0.25) is 0 Å². The number of rotatable bonds is 7. The highest BCUT2D eigenvalue weighted by Gasteiger charge is 2.27. The molecule has 0 radical (unpaired) electrons. The van der Waals surface area contributed by atoms with Crippen LogP contribution < -0.4 is 10.6 Å². The van der Waals surface area contributed by atoms with E-state index >= 15 is 0 Å². The Kier molecular flexibility index (Phi) is 7.23. The molecule has 33 heavy (non-hydrogen) atoms. The first-order chi connectivity index (χ1) is 15.8. The molecule has 2 aliphatic rings. The summed E-state index contributed by atoms with van der Waals surface area (Å²) in [7, 11) is -3.83. The van der Waals surface area contributed by atoms with Gasteiger partial charge in [0.15, 0.2) is 0 Å². The Labute approximate surface area is 190 Å². The van der Waals surface area contributed by atoms with Gasteiger partial charge in [-0.05, 0) is 49.2 Å². The minimum absolute atomic E-state index is 0.00836. The van der Waals surface area contributed by atoms with Crippen molar-refractivity contribution in [2.24, 2.45) is 0 Å². The van der Waals surface area contributed by atoms with E-state index in [4.69, 9.17) is 9.47 Å². The molecular weight excluding hydrogens is 456 g/mol. The van der Waals surface area contributed by atoms with Gasteiger partial charge in [0.1, 0.15) is 11.6 Å². The molecule has 0 spiro atoms. The Bertz CT molecular complexity index is 1120. The number of nitrogens with zero attached hydrogens (tertiary/aromatic N) is 1. The maximum Gasteiger partial charge on any atom is 0.258 e. The van der Waals surface area contributed by atoms with Gasteiger partial charge in [0.2, 0.25) is 10.0 Å². The van der Waals surface area contributed by atoms with Gasteiger partial charge in [0.05, 0.1) is 41.2 Å². The largest absolute Gasteiger partial charge is 0.381 e. The van der Waals surface area contributed by atoms with Gasteiger partial charge in [-0.25, -0.2) is 17.2 Å². The summed E-state index contributed by atoms with van der Waals surface area (Å²) in [6.07, 6.45) is 1.82. The number of anilines is 2. The van der Waals surface area contributed by atoms with Crippen LogP contribution in [0, 0.1) is 11.6 Å². The summed E-state index contributed by atoms with van der Waals surface area (Å²) < 4.78 is 66.0. The monoisotopic (exact) mass is 481 g/mol. The quantitative estimate of drug-likeness (QED) is 0.631. The average molecular weight is 482 g/mol. The molecule has 0 aromatic heterocycles. The molecule has 0 aliphatic carbocycles. The van der Waals surface area contributed by atoms with Crippen LogP contribution in [0.25, 0.3) is 0 Å². The van der Waals surface area contributed by atoms with Gasteiger partial charge in [0.25, 0.3) is 5.91 Å². The zero-order valence-corrected chi connectivity index (χ0v) is 18.7. The van der Waals surface area contributed by atoms with Crippen LogP contribution in [0.15, 0.2) is 41.3 Å². The molecule has 1 atom stereocenters. The summed E-state index contributed by atoms with van der Waals surface area (Å²) in [6, 6.07) is 6.87. The molecule has 178 valence electrons. The molecule has 2 aromatic rings. The van der Waals surface area contributed by atoms with E-state index in [1.807, 2.05) is 0 Å². The van der Waals surface area contributed by atoms with Gasteiger partial charge in [-0.1, -0.05) is 0 Å². The molecule has 2 saturated heterocycles. The molecule has 11 heteroatoms. The first-order valence-corrected chi connectivity index (χ1v) is 12.1. The van der Waals surface area contributed by atoms with Gasteiger partial charge in [-0.15, -0.1) is 0 Å². The first-order valence-electron chi connectivity index (χ1n) is 10.7. The third-order valence-corrected chi connectivity index (χ3v) is 7.46. The van der Waals surface area contributed by atoms with Crippen molar-refractivity contribution in [3.8, 4) is 0 Å². The second-order valence-corrected chi connectivity index (χ2v) is 9.76. The van der Waals surface area contributed by atoms with Gasteiger partial charge in [-0.3, -0.25) is 4.79 Å². The normalized spacial score (nSPS) is 19.4. The Balaban J connectivity index is 1.63. The Hall–Kier alpha value is -2.60. The fourth-order valence-corrected chi connectivity index (χ4v) is 5.20.